The fourth-order valence-corrected chi connectivity index (χ4v) is 4.02. The molecule has 0 radical (unpaired) electrons. The van der Waals surface area contributed by atoms with Crippen molar-refractivity contribution in [1.82, 2.24) is 0 Å². The average Bonchev–Trinajstić information content (AvgIpc) is 2.83. The minimum atomic E-state index is -0.841. The third-order valence-electron chi connectivity index (χ3n) is 5.46. The van der Waals surface area contributed by atoms with Crippen molar-refractivity contribution < 1.29 is 19.1 Å². The van der Waals surface area contributed by atoms with Gasteiger partial charge < -0.3 is 9.47 Å². The molecular formula is C22H27ClO4. The van der Waals surface area contributed by atoms with Crippen molar-refractivity contribution >= 4 is 29.1 Å². The molecule has 1 aliphatic heterocycles. The molecule has 1 heterocycles. The van der Waals surface area contributed by atoms with Crippen LogP contribution in [0.3, 0.4) is 0 Å². The fraction of sp³-hybridized carbons (Fsp3) is 0.545. The number of rotatable bonds is 2. The van der Waals surface area contributed by atoms with Gasteiger partial charge in [0.15, 0.2) is 11.4 Å². The second-order valence-corrected chi connectivity index (χ2v) is 9.06. The van der Waals surface area contributed by atoms with Crippen molar-refractivity contribution in [3.05, 3.63) is 39.6 Å². The number of aryl methyl sites for hydroxylation is 1. The molecule has 0 atom stereocenters. The van der Waals surface area contributed by atoms with Gasteiger partial charge in [-0.25, -0.2) is 4.79 Å². The van der Waals surface area contributed by atoms with Crippen LogP contribution in [0.4, 0.5) is 0 Å². The molecule has 3 rings (SSSR count). The van der Waals surface area contributed by atoms with E-state index in [1.807, 2.05) is 26.0 Å². The summed E-state index contributed by atoms with van der Waals surface area (Å²) in [6, 6.07) is 3.69. The minimum absolute atomic E-state index is 0.354. The van der Waals surface area contributed by atoms with E-state index >= 15 is 0 Å². The Morgan fingerprint density at radius 3 is 2.37 bits per heavy atom. The van der Waals surface area contributed by atoms with Crippen molar-refractivity contribution in [3.63, 3.8) is 0 Å². The van der Waals surface area contributed by atoms with Gasteiger partial charge >= 0.3 is 11.9 Å². The number of esters is 2. The van der Waals surface area contributed by atoms with E-state index in [2.05, 4.69) is 0 Å². The number of carbonyl (C=O) groups is 2. The summed E-state index contributed by atoms with van der Waals surface area (Å²) in [5.41, 5.74) is 1.24. The Labute approximate surface area is 165 Å². The zero-order valence-electron chi connectivity index (χ0n) is 16.7. The van der Waals surface area contributed by atoms with Crippen LogP contribution < -0.4 is 0 Å². The lowest BCUT2D eigenvalue weighted by molar-refractivity contribution is -0.159. The Kier molecular flexibility index (Phi) is 5.15. The normalized spacial score (nSPS) is 19.4. The number of ether oxygens (including phenoxy) is 2. The third-order valence-corrected chi connectivity index (χ3v) is 5.87. The molecule has 1 fully saturated rings. The number of halogens is 1. The van der Waals surface area contributed by atoms with Crippen LogP contribution in [0.2, 0.25) is 5.02 Å². The van der Waals surface area contributed by atoms with E-state index in [1.54, 1.807) is 20.8 Å². The zero-order chi connectivity index (χ0) is 20.0. The molecule has 1 aromatic carbocycles. The fourth-order valence-electron chi connectivity index (χ4n) is 3.86. The maximum atomic E-state index is 13.0. The van der Waals surface area contributed by atoms with Crippen molar-refractivity contribution in [2.75, 3.05) is 0 Å². The molecule has 4 nitrogen and oxygen atoms in total. The van der Waals surface area contributed by atoms with Gasteiger partial charge in [-0.2, -0.15) is 0 Å². The molecule has 27 heavy (non-hydrogen) atoms. The molecule has 0 saturated heterocycles. The predicted molar refractivity (Wildman–Crippen MR) is 105 cm³/mol. The maximum absolute atomic E-state index is 13.0. The molecular weight excluding hydrogens is 364 g/mol. The summed E-state index contributed by atoms with van der Waals surface area (Å²) in [6.45, 7) is 9.21. The first kappa shape index (κ1) is 19.9. The first-order chi connectivity index (χ1) is 12.6. The SMILES string of the molecule is Cc1ccc(Cl)c(C)c1C1=C(OC(=O)C(C)(C)C)C2(CCCCC2)OC1=O. The molecule has 1 saturated carbocycles. The molecule has 1 spiro atoms. The lowest BCUT2D eigenvalue weighted by Crippen LogP contribution is -2.37. The molecule has 0 bridgehead atoms. The second kappa shape index (κ2) is 6.97. The van der Waals surface area contributed by atoms with E-state index in [-0.39, 0.29) is 5.97 Å². The average molecular weight is 391 g/mol. The number of carbonyl (C=O) groups excluding carboxylic acids is 2. The highest BCUT2D eigenvalue weighted by Crippen LogP contribution is 2.49. The lowest BCUT2D eigenvalue weighted by atomic mass is 9.81. The molecule has 0 N–H and O–H groups in total. The van der Waals surface area contributed by atoms with Crippen LogP contribution >= 0.6 is 11.6 Å². The van der Waals surface area contributed by atoms with E-state index in [0.717, 1.165) is 30.4 Å². The Morgan fingerprint density at radius 2 is 1.78 bits per heavy atom. The van der Waals surface area contributed by atoms with Gasteiger partial charge in [-0.05, 0) is 83.1 Å². The van der Waals surface area contributed by atoms with Gasteiger partial charge in [-0.3, -0.25) is 4.79 Å². The number of hydrogen-bond donors (Lipinski definition) is 0. The molecule has 5 heteroatoms. The molecule has 0 unspecified atom stereocenters. The Balaban J connectivity index is 2.23. The standard InChI is InChI=1S/C22H27ClO4/c1-13-9-10-15(23)14(2)16(13)17-18(26-20(25)21(3,4)5)22(27-19(17)24)11-7-6-8-12-22/h9-10H,6-8,11-12H2,1-5H3. The third kappa shape index (κ3) is 3.52. The van der Waals surface area contributed by atoms with Crippen LogP contribution in [0.5, 0.6) is 0 Å². The highest BCUT2D eigenvalue weighted by Gasteiger charge is 2.52. The van der Waals surface area contributed by atoms with Gasteiger partial charge in [-0.1, -0.05) is 24.1 Å². The van der Waals surface area contributed by atoms with Crippen LogP contribution in [0, 0.1) is 19.3 Å². The predicted octanol–water partition coefficient (Wildman–Crippen LogP) is 5.52. The van der Waals surface area contributed by atoms with E-state index in [0.29, 0.717) is 34.8 Å². The zero-order valence-corrected chi connectivity index (χ0v) is 17.5. The highest BCUT2D eigenvalue weighted by atomic mass is 35.5. The Morgan fingerprint density at radius 1 is 1.15 bits per heavy atom. The molecule has 0 aromatic heterocycles. The van der Waals surface area contributed by atoms with Gasteiger partial charge in [0.05, 0.1) is 5.41 Å². The summed E-state index contributed by atoms with van der Waals surface area (Å²) < 4.78 is 11.8. The minimum Gasteiger partial charge on any atom is -0.447 e. The number of benzene rings is 1. The first-order valence-corrected chi connectivity index (χ1v) is 9.91. The van der Waals surface area contributed by atoms with E-state index in [1.165, 1.54) is 0 Å². The van der Waals surface area contributed by atoms with E-state index < -0.39 is 17.0 Å². The highest BCUT2D eigenvalue weighted by molar-refractivity contribution is 6.32. The summed E-state index contributed by atoms with van der Waals surface area (Å²) in [4.78, 5) is 25.7. The molecule has 146 valence electrons. The summed E-state index contributed by atoms with van der Waals surface area (Å²) >= 11 is 6.33. The van der Waals surface area contributed by atoms with Crippen LogP contribution in [0.1, 0.15) is 69.6 Å². The van der Waals surface area contributed by atoms with Gasteiger partial charge in [0, 0.05) is 5.02 Å². The molecule has 1 aliphatic carbocycles. The van der Waals surface area contributed by atoms with Crippen molar-refractivity contribution in [3.8, 4) is 0 Å². The van der Waals surface area contributed by atoms with Crippen LogP contribution in [-0.2, 0) is 19.1 Å². The van der Waals surface area contributed by atoms with Crippen LogP contribution in [-0.4, -0.2) is 17.5 Å². The van der Waals surface area contributed by atoms with Crippen molar-refractivity contribution in [2.45, 2.75) is 72.3 Å². The van der Waals surface area contributed by atoms with Crippen LogP contribution in [0.25, 0.3) is 5.57 Å². The lowest BCUT2D eigenvalue weighted by Gasteiger charge is -2.34. The quantitative estimate of drug-likeness (QED) is 0.624. The molecule has 2 aliphatic rings. The summed E-state index contributed by atoms with van der Waals surface area (Å²) in [5, 5.41) is 0.571. The maximum Gasteiger partial charge on any atom is 0.343 e. The molecule has 0 amide bonds. The Bertz CT molecular complexity index is 823. The van der Waals surface area contributed by atoms with Gasteiger partial charge in [0.25, 0.3) is 0 Å². The van der Waals surface area contributed by atoms with Gasteiger partial charge in [0.2, 0.25) is 0 Å². The van der Waals surface area contributed by atoms with Gasteiger partial charge in [-0.15, -0.1) is 0 Å². The number of hydrogen-bond acceptors (Lipinski definition) is 4. The van der Waals surface area contributed by atoms with E-state index in [9.17, 15) is 9.59 Å². The van der Waals surface area contributed by atoms with Crippen molar-refractivity contribution in [2.24, 2.45) is 5.41 Å². The second-order valence-electron chi connectivity index (χ2n) is 8.65. The summed E-state index contributed by atoms with van der Waals surface area (Å²) in [5.74, 6) is -0.418. The molecule has 1 aromatic rings. The summed E-state index contributed by atoms with van der Waals surface area (Å²) in [7, 11) is 0. The smallest absolute Gasteiger partial charge is 0.343 e. The van der Waals surface area contributed by atoms with Crippen LogP contribution in [0.15, 0.2) is 17.9 Å². The topological polar surface area (TPSA) is 52.6 Å². The van der Waals surface area contributed by atoms with E-state index in [4.69, 9.17) is 21.1 Å². The Hall–Kier alpha value is -1.81. The van der Waals surface area contributed by atoms with Crippen molar-refractivity contribution in [1.29, 1.82) is 0 Å². The summed E-state index contributed by atoms with van der Waals surface area (Å²) in [6.07, 6.45) is 4.31. The first-order valence-electron chi connectivity index (χ1n) is 9.53. The van der Waals surface area contributed by atoms with Gasteiger partial charge in [0.1, 0.15) is 5.57 Å². The monoisotopic (exact) mass is 390 g/mol. The largest absolute Gasteiger partial charge is 0.447 e.